The van der Waals surface area contributed by atoms with Crippen LogP contribution in [0.5, 0.6) is 11.6 Å². The molecule has 1 aromatic carbocycles. The van der Waals surface area contributed by atoms with E-state index in [4.69, 9.17) is 16.3 Å². The lowest BCUT2D eigenvalue weighted by molar-refractivity contribution is -0.138. The third-order valence-electron chi connectivity index (χ3n) is 5.66. The lowest BCUT2D eigenvalue weighted by atomic mass is 9.96. The van der Waals surface area contributed by atoms with Gasteiger partial charge in [-0.2, -0.15) is 0 Å². The summed E-state index contributed by atoms with van der Waals surface area (Å²) in [6, 6.07) is 9.26. The number of nitrogens with zero attached hydrogens (tertiary/aromatic N) is 4. The molecule has 1 fully saturated rings. The molecule has 0 N–H and O–H groups in total. The number of unbranched alkanes of at least 4 members (excludes halogenated alkanes) is 1. The van der Waals surface area contributed by atoms with Crippen molar-refractivity contribution in [1.29, 1.82) is 0 Å². The van der Waals surface area contributed by atoms with Gasteiger partial charge in [-0.3, -0.25) is 4.79 Å². The number of ether oxygens (including phenoxy) is 1. The zero-order chi connectivity index (χ0) is 21.5. The Kier molecular flexibility index (Phi) is 7.91. The smallest absolute Gasteiger partial charge is 0.226 e. The van der Waals surface area contributed by atoms with E-state index in [-0.39, 0.29) is 12.0 Å². The average molecular weight is 431 g/mol. The van der Waals surface area contributed by atoms with Crippen LogP contribution in [0.1, 0.15) is 46.5 Å². The minimum Gasteiger partial charge on any atom is -0.437 e. The predicted molar refractivity (Wildman–Crippen MR) is 120 cm³/mol. The first-order chi connectivity index (χ1) is 14.5. The monoisotopic (exact) mass is 430 g/mol. The van der Waals surface area contributed by atoms with E-state index in [1.54, 1.807) is 12.1 Å². The molecule has 0 bridgehead atoms. The van der Waals surface area contributed by atoms with Gasteiger partial charge in [0.1, 0.15) is 17.9 Å². The molecule has 1 aliphatic heterocycles. The maximum Gasteiger partial charge on any atom is 0.226 e. The number of hydrogen-bond acceptors (Lipinski definition) is 5. The van der Waals surface area contributed by atoms with Crippen LogP contribution in [0.4, 0.5) is 5.82 Å². The van der Waals surface area contributed by atoms with Crippen molar-refractivity contribution in [3.05, 3.63) is 41.7 Å². The molecule has 2 heterocycles. The highest BCUT2D eigenvalue weighted by Crippen LogP contribution is 2.29. The maximum atomic E-state index is 13.0. The standard InChI is InChI=1S/C23H31ClN4O2/c1-4-6-9-18(5-2)23(29)28-13-12-27(15-17(28)3)21-14-22(26-16-25-21)30-20-11-8-7-10-19(20)24/h7-8,10-11,14,16-18H,4-6,9,12-13,15H2,1-3H3/t17-,18+/m0/s1. The lowest BCUT2D eigenvalue weighted by Crippen LogP contribution is -2.55. The number of carbonyl (C=O) groups excluding carboxylic acids is 1. The number of amides is 1. The molecule has 1 saturated heterocycles. The van der Waals surface area contributed by atoms with E-state index in [0.29, 0.717) is 29.1 Å². The Morgan fingerprint density at radius 3 is 2.77 bits per heavy atom. The number of anilines is 1. The van der Waals surface area contributed by atoms with Crippen molar-refractivity contribution in [2.24, 2.45) is 5.92 Å². The Hall–Kier alpha value is -2.34. The Balaban J connectivity index is 1.65. The van der Waals surface area contributed by atoms with Gasteiger partial charge in [0, 0.05) is 37.7 Å². The van der Waals surface area contributed by atoms with E-state index >= 15 is 0 Å². The number of benzene rings is 1. The topological polar surface area (TPSA) is 58.6 Å². The summed E-state index contributed by atoms with van der Waals surface area (Å²) >= 11 is 6.18. The summed E-state index contributed by atoms with van der Waals surface area (Å²) < 4.78 is 5.84. The summed E-state index contributed by atoms with van der Waals surface area (Å²) in [5.74, 6) is 2.23. The Bertz CT molecular complexity index is 847. The van der Waals surface area contributed by atoms with Crippen molar-refractivity contribution < 1.29 is 9.53 Å². The molecule has 1 aromatic heterocycles. The second kappa shape index (κ2) is 10.6. The van der Waals surface area contributed by atoms with E-state index in [2.05, 4.69) is 35.6 Å². The molecular weight excluding hydrogens is 400 g/mol. The maximum absolute atomic E-state index is 13.0. The van der Waals surface area contributed by atoms with E-state index in [1.807, 2.05) is 23.1 Å². The summed E-state index contributed by atoms with van der Waals surface area (Å²) in [4.78, 5) is 25.9. The van der Waals surface area contributed by atoms with Crippen LogP contribution >= 0.6 is 11.6 Å². The average Bonchev–Trinajstić information content (AvgIpc) is 2.76. The van der Waals surface area contributed by atoms with E-state index < -0.39 is 0 Å². The SMILES string of the molecule is CCCC[C@@H](CC)C(=O)N1CCN(c2cc(Oc3ccccc3Cl)ncn2)C[C@@H]1C. The van der Waals surface area contributed by atoms with Gasteiger partial charge >= 0.3 is 0 Å². The molecule has 3 rings (SSSR count). The van der Waals surface area contributed by atoms with Crippen LogP contribution in [0.2, 0.25) is 5.02 Å². The molecule has 7 heteroatoms. The summed E-state index contributed by atoms with van der Waals surface area (Å²) in [5.41, 5.74) is 0. The zero-order valence-electron chi connectivity index (χ0n) is 18.1. The fourth-order valence-electron chi connectivity index (χ4n) is 3.88. The number of para-hydroxylation sites is 1. The fraction of sp³-hybridized carbons (Fsp3) is 0.522. The minimum absolute atomic E-state index is 0.129. The van der Waals surface area contributed by atoms with Crippen LogP contribution in [0.25, 0.3) is 0 Å². The first kappa shape index (κ1) is 22.3. The molecule has 2 aromatic rings. The third kappa shape index (κ3) is 5.42. The molecule has 0 saturated carbocycles. The van der Waals surface area contributed by atoms with E-state index in [9.17, 15) is 4.79 Å². The van der Waals surface area contributed by atoms with E-state index in [0.717, 1.165) is 44.6 Å². The number of carbonyl (C=O) groups is 1. The fourth-order valence-corrected chi connectivity index (χ4v) is 4.05. The number of aromatic nitrogens is 2. The molecule has 2 atom stereocenters. The van der Waals surface area contributed by atoms with Crippen LogP contribution in [0.3, 0.4) is 0 Å². The van der Waals surface area contributed by atoms with Gasteiger partial charge in [0.05, 0.1) is 5.02 Å². The van der Waals surface area contributed by atoms with Crippen molar-refractivity contribution in [2.75, 3.05) is 24.5 Å². The molecule has 0 spiro atoms. The summed E-state index contributed by atoms with van der Waals surface area (Å²) in [7, 11) is 0. The van der Waals surface area contributed by atoms with Crippen LogP contribution in [0, 0.1) is 5.92 Å². The molecule has 0 unspecified atom stereocenters. The molecular formula is C23H31ClN4O2. The van der Waals surface area contributed by atoms with Crippen LogP contribution < -0.4 is 9.64 Å². The van der Waals surface area contributed by atoms with Gasteiger partial charge in [0.25, 0.3) is 0 Å². The van der Waals surface area contributed by atoms with Gasteiger partial charge in [-0.15, -0.1) is 0 Å². The van der Waals surface area contributed by atoms with Gasteiger partial charge in [0.15, 0.2) is 0 Å². The van der Waals surface area contributed by atoms with Gasteiger partial charge in [0.2, 0.25) is 11.8 Å². The Morgan fingerprint density at radius 1 is 1.27 bits per heavy atom. The number of piperazine rings is 1. The molecule has 162 valence electrons. The first-order valence-electron chi connectivity index (χ1n) is 10.8. The molecule has 0 radical (unpaired) electrons. The quantitative estimate of drug-likeness (QED) is 0.577. The Labute approximate surface area is 184 Å². The third-order valence-corrected chi connectivity index (χ3v) is 5.97. The predicted octanol–water partition coefficient (Wildman–Crippen LogP) is 5.18. The minimum atomic E-state index is 0.129. The molecule has 30 heavy (non-hydrogen) atoms. The van der Waals surface area contributed by atoms with Crippen molar-refractivity contribution in [2.45, 2.75) is 52.5 Å². The largest absolute Gasteiger partial charge is 0.437 e. The van der Waals surface area contributed by atoms with Gasteiger partial charge in [-0.1, -0.05) is 50.4 Å². The number of halogens is 1. The van der Waals surface area contributed by atoms with Crippen molar-refractivity contribution in [1.82, 2.24) is 14.9 Å². The van der Waals surface area contributed by atoms with Crippen molar-refractivity contribution >= 4 is 23.3 Å². The molecule has 1 aliphatic rings. The first-order valence-corrected chi connectivity index (χ1v) is 11.2. The summed E-state index contributed by atoms with van der Waals surface area (Å²) in [6.45, 7) is 8.57. The Morgan fingerprint density at radius 2 is 2.07 bits per heavy atom. The van der Waals surface area contributed by atoms with Crippen LogP contribution in [-0.2, 0) is 4.79 Å². The van der Waals surface area contributed by atoms with Crippen molar-refractivity contribution in [3.63, 3.8) is 0 Å². The molecule has 6 nitrogen and oxygen atoms in total. The second-order valence-electron chi connectivity index (χ2n) is 7.82. The zero-order valence-corrected chi connectivity index (χ0v) is 18.8. The highest BCUT2D eigenvalue weighted by Gasteiger charge is 2.31. The van der Waals surface area contributed by atoms with Crippen molar-refractivity contribution in [3.8, 4) is 11.6 Å². The highest BCUT2D eigenvalue weighted by atomic mass is 35.5. The summed E-state index contributed by atoms with van der Waals surface area (Å²) in [6.07, 6.45) is 5.61. The summed E-state index contributed by atoms with van der Waals surface area (Å²) in [5, 5.41) is 0.534. The van der Waals surface area contributed by atoms with Crippen LogP contribution in [0.15, 0.2) is 36.7 Å². The van der Waals surface area contributed by atoms with Gasteiger partial charge in [-0.05, 0) is 31.9 Å². The lowest BCUT2D eigenvalue weighted by Gasteiger charge is -2.41. The van der Waals surface area contributed by atoms with E-state index in [1.165, 1.54) is 6.33 Å². The number of rotatable bonds is 8. The number of hydrogen-bond donors (Lipinski definition) is 0. The normalized spacial score (nSPS) is 17.7. The molecule has 0 aliphatic carbocycles. The van der Waals surface area contributed by atoms with Gasteiger partial charge in [-0.25, -0.2) is 9.97 Å². The highest BCUT2D eigenvalue weighted by molar-refractivity contribution is 6.32. The van der Waals surface area contributed by atoms with Crippen LogP contribution in [-0.4, -0.2) is 46.5 Å². The molecule has 1 amide bonds. The second-order valence-corrected chi connectivity index (χ2v) is 8.23. The van der Waals surface area contributed by atoms with Gasteiger partial charge < -0.3 is 14.5 Å².